The van der Waals surface area contributed by atoms with Crippen LogP contribution in [0.2, 0.25) is 0 Å². The van der Waals surface area contributed by atoms with Crippen molar-refractivity contribution >= 4 is 5.69 Å². The maximum absolute atomic E-state index is 12.0. The van der Waals surface area contributed by atoms with Gasteiger partial charge in [0.05, 0.1) is 7.11 Å². The molecule has 0 amide bonds. The van der Waals surface area contributed by atoms with Crippen LogP contribution < -0.4 is 14.8 Å². The fraction of sp³-hybridized carbons (Fsp3) is 0.250. The van der Waals surface area contributed by atoms with E-state index in [0.29, 0.717) is 6.54 Å². The molecule has 21 heavy (non-hydrogen) atoms. The second kappa shape index (κ2) is 6.92. The predicted octanol–water partition coefficient (Wildman–Crippen LogP) is 4.22. The Morgan fingerprint density at radius 1 is 1.10 bits per heavy atom. The summed E-state index contributed by atoms with van der Waals surface area (Å²) >= 11 is 0. The van der Waals surface area contributed by atoms with Crippen molar-refractivity contribution < 1.29 is 18.3 Å². The molecule has 0 spiro atoms. The van der Waals surface area contributed by atoms with Gasteiger partial charge in [0.25, 0.3) is 0 Å². The zero-order chi connectivity index (χ0) is 15.2. The van der Waals surface area contributed by atoms with Crippen molar-refractivity contribution in [2.45, 2.75) is 20.1 Å². The van der Waals surface area contributed by atoms with Crippen LogP contribution in [0, 0.1) is 6.92 Å². The third kappa shape index (κ3) is 4.34. The van der Waals surface area contributed by atoms with Gasteiger partial charge in [-0.15, -0.1) is 0 Å². The lowest BCUT2D eigenvalue weighted by Crippen LogP contribution is -2.03. The number of nitrogens with one attached hydrogen (secondary N) is 1. The van der Waals surface area contributed by atoms with E-state index in [2.05, 4.69) is 10.1 Å². The normalized spacial score (nSPS) is 10.5. The van der Waals surface area contributed by atoms with Gasteiger partial charge in [-0.1, -0.05) is 12.1 Å². The van der Waals surface area contributed by atoms with Crippen LogP contribution in [0.3, 0.4) is 0 Å². The summed E-state index contributed by atoms with van der Waals surface area (Å²) in [7, 11) is 1.64. The lowest BCUT2D eigenvalue weighted by Gasteiger charge is -2.10. The standard InChI is InChI=1S/C16H17F2NO2/c1-11-9-12(3-8-15(11)20-2)10-19-13-4-6-14(7-5-13)21-16(17)18/h3-9,16,19H,10H2,1-2H3. The third-order valence-electron chi connectivity index (χ3n) is 3.04. The maximum atomic E-state index is 12.0. The molecule has 0 aliphatic heterocycles. The highest BCUT2D eigenvalue weighted by Gasteiger charge is 2.04. The smallest absolute Gasteiger partial charge is 0.387 e. The summed E-state index contributed by atoms with van der Waals surface area (Å²) in [6, 6.07) is 12.4. The highest BCUT2D eigenvalue weighted by atomic mass is 19.3. The first-order valence-corrected chi connectivity index (χ1v) is 6.51. The Labute approximate surface area is 122 Å². The molecule has 5 heteroatoms. The van der Waals surface area contributed by atoms with Crippen molar-refractivity contribution in [1.82, 2.24) is 0 Å². The number of methoxy groups -OCH3 is 1. The molecule has 2 rings (SSSR count). The molecule has 3 nitrogen and oxygen atoms in total. The summed E-state index contributed by atoms with van der Waals surface area (Å²) < 4.78 is 33.6. The largest absolute Gasteiger partial charge is 0.496 e. The van der Waals surface area contributed by atoms with Gasteiger partial charge < -0.3 is 14.8 Å². The molecule has 2 aromatic rings. The summed E-state index contributed by atoms with van der Waals surface area (Å²) in [5, 5.41) is 3.22. The molecule has 0 aromatic heterocycles. The lowest BCUT2D eigenvalue weighted by molar-refractivity contribution is -0.0498. The van der Waals surface area contributed by atoms with Crippen molar-refractivity contribution in [3.8, 4) is 11.5 Å². The molecular formula is C16H17F2NO2. The molecule has 0 bridgehead atoms. The molecule has 0 fully saturated rings. The van der Waals surface area contributed by atoms with E-state index in [-0.39, 0.29) is 5.75 Å². The van der Waals surface area contributed by atoms with Gasteiger partial charge in [-0.3, -0.25) is 0 Å². The zero-order valence-electron chi connectivity index (χ0n) is 11.9. The van der Waals surface area contributed by atoms with Gasteiger partial charge in [0.1, 0.15) is 11.5 Å². The van der Waals surface area contributed by atoms with Crippen molar-refractivity contribution in [2.75, 3.05) is 12.4 Å². The van der Waals surface area contributed by atoms with E-state index in [4.69, 9.17) is 4.74 Å². The lowest BCUT2D eigenvalue weighted by atomic mass is 10.1. The van der Waals surface area contributed by atoms with Crippen LogP contribution in [-0.2, 0) is 6.54 Å². The van der Waals surface area contributed by atoms with E-state index in [1.807, 2.05) is 25.1 Å². The Bertz CT molecular complexity index is 585. The molecular weight excluding hydrogens is 276 g/mol. The van der Waals surface area contributed by atoms with Crippen LogP contribution in [0.25, 0.3) is 0 Å². The second-order valence-corrected chi connectivity index (χ2v) is 4.56. The molecule has 0 radical (unpaired) electrons. The van der Waals surface area contributed by atoms with Crippen molar-refractivity contribution in [2.24, 2.45) is 0 Å². The first-order valence-electron chi connectivity index (χ1n) is 6.51. The molecule has 0 aliphatic rings. The maximum Gasteiger partial charge on any atom is 0.387 e. The number of ether oxygens (including phenoxy) is 2. The Balaban J connectivity index is 1.95. The Hall–Kier alpha value is -2.30. The Morgan fingerprint density at radius 2 is 1.81 bits per heavy atom. The summed E-state index contributed by atoms with van der Waals surface area (Å²) in [5.74, 6) is 1.00. The topological polar surface area (TPSA) is 30.5 Å². The van der Waals surface area contributed by atoms with E-state index in [1.54, 1.807) is 19.2 Å². The van der Waals surface area contributed by atoms with Gasteiger partial charge >= 0.3 is 6.61 Å². The van der Waals surface area contributed by atoms with Crippen molar-refractivity contribution in [1.29, 1.82) is 0 Å². The molecule has 0 unspecified atom stereocenters. The highest BCUT2D eigenvalue weighted by molar-refractivity contribution is 5.47. The quantitative estimate of drug-likeness (QED) is 0.865. The third-order valence-corrected chi connectivity index (χ3v) is 3.04. The number of hydrogen-bond acceptors (Lipinski definition) is 3. The number of rotatable bonds is 6. The first kappa shape index (κ1) is 15.1. The van der Waals surface area contributed by atoms with Gasteiger partial charge in [0.15, 0.2) is 0 Å². The number of benzene rings is 2. The summed E-state index contributed by atoms with van der Waals surface area (Å²) in [6.45, 7) is -0.176. The molecule has 0 saturated heterocycles. The number of hydrogen-bond donors (Lipinski definition) is 1. The molecule has 0 saturated carbocycles. The van der Waals surface area contributed by atoms with Gasteiger partial charge in [0, 0.05) is 12.2 Å². The van der Waals surface area contributed by atoms with Crippen LogP contribution in [0.1, 0.15) is 11.1 Å². The first-order chi connectivity index (χ1) is 10.1. The molecule has 112 valence electrons. The van der Waals surface area contributed by atoms with E-state index < -0.39 is 6.61 Å². The van der Waals surface area contributed by atoms with E-state index in [9.17, 15) is 8.78 Å². The van der Waals surface area contributed by atoms with E-state index in [1.165, 1.54) is 12.1 Å². The van der Waals surface area contributed by atoms with E-state index >= 15 is 0 Å². The number of halogens is 2. The number of aryl methyl sites for hydroxylation is 1. The minimum atomic E-state index is -2.80. The van der Waals surface area contributed by atoms with Crippen molar-refractivity contribution in [3.63, 3.8) is 0 Å². The average Bonchev–Trinajstić information content (AvgIpc) is 2.46. The van der Waals surface area contributed by atoms with Crippen LogP contribution in [-0.4, -0.2) is 13.7 Å². The summed E-state index contributed by atoms with van der Waals surface area (Å²) in [5.41, 5.74) is 3.02. The van der Waals surface area contributed by atoms with Crippen LogP contribution >= 0.6 is 0 Å². The monoisotopic (exact) mass is 293 g/mol. The van der Waals surface area contributed by atoms with E-state index in [0.717, 1.165) is 22.6 Å². The Kier molecular flexibility index (Phi) is 4.98. The predicted molar refractivity (Wildman–Crippen MR) is 78.1 cm³/mol. The van der Waals surface area contributed by atoms with Crippen molar-refractivity contribution in [3.05, 3.63) is 53.6 Å². The van der Waals surface area contributed by atoms with Gasteiger partial charge in [0.2, 0.25) is 0 Å². The molecule has 2 aromatic carbocycles. The SMILES string of the molecule is COc1ccc(CNc2ccc(OC(F)F)cc2)cc1C. The number of anilines is 1. The van der Waals surface area contributed by atoms with Gasteiger partial charge in [-0.05, 0) is 48.4 Å². The highest BCUT2D eigenvalue weighted by Crippen LogP contribution is 2.21. The zero-order valence-corrected chi connectivity index (χ0v) is 11.9. The van der Waals surface area contributed by atoms with Gasteiger partial charge in [-0.25, -0.2) is 0 Å². The number of alkyl halides is 2. The second-order valence-electron chi connectivity index (χ2n) is 4.56. The average molecular weight is 293 g/mol. The molecule has 1 N–H and O–H groups in total. The molecule has 0 atom stereocenters. The van der Waals surface area contributed by atoms with Crippen LogP contribution in [0.15, 0.2) is 42.5 Å². The Morgan fingerprint density at radius 3 is 2.38 bits per heavy atom. The summed E-state index contributed by atoms with van der Waals surface area (Å²) in [4.78, 5) is 0. The summed E-state index contributed by atoms with van der Waals surface area (Å²) in [6.07, 6.45) is 0. The molecule has 0 heterocycles. The van der Waals surface area contributed by atoms with Crippen LogP contribution in [0.4, 0.5) is 14.5 Å². The fourth-order valence-corrected chi connectivity index (χ4v) is 2.01. The minimum Gasteiger partial charge on any atom is -0.496 e. The minimum absolute atomic E-state index is 0.149. The van der Waals surface area contributed by atoms with Gasteiger partial charge in [-0.2, -0.15) is 8.78 Å². The molecule has 0 aliphatic carbocycles. The fourth-order valence-electron chi connectivity index (χ4n) is 2.01. The van der Waals surface area contributed by atoms with Crippen LogP contribution in [0.5, 0.6) is 11.5 Å².